The lowest BCUT2D eigenvalue weighted by molar-refractivity contribution is 0.102. The maximum absolute atomic E-state index is 12.6. The first-order chi connectivity index (χ1) is 14.5. The highest BCUT2D eigenvalue weighted by molar-refractivity contribution is 6.32. The van der Waals surface area contributed by atoms with E-state index in [0.717, 1.165) is 0 Å². The van der Waals surface area contributed by atoms with E-state index in [4.69, 9.17) is 20.8 Å². The average molecular weight is 421 g/mol. The third kappa shape index (κ3) is 4.04. The molecule has 30 heavy (non-hydrogen) atoms. The van der Waals surface area contributed by atoms with Gasteiger partial charge in [-0.1, -0.05) is 29.8 Å². The fraction of sp³-hybridized carbons (Fsp3) is 0.0870. The molecule has 3 aromatic carbocycles. The number of nitrogens with one attached hydrogen (secondary N) is 1. The van der Waals surface area contributed by atoms with Crippen LogP contribution in [0, 0.1) is 0 Å². The van der Waals surface area contributed by atoms with Crippen LogP contribution in [0.5, 0.6) is 5.75 Å². The topological polar surface area (TPSA) is 81.4 Å². The van der Waals surface area contributed by atoms with Gasteiger partial charge in [-0.3, -0.25) is 4.79 Å². The molecular weight excluding hydrogens is 404 g/mol. The molecule has 0 spiro atoms. The Labute approximate surface area is 177 Å². The second kappa shape index (κ2) is 8.39. The van der Waals surface area contributed by atoms with Crippen LogP contribution < -0.4 is 15.7 Å². The van der Waals surface area contributed by atoms with Crippen LogP contribution in [0.25, 0.3) is 22.4 Å². The smallest absolute Gasteiger partial charge is 0.347 e. The van der Waals surface area contributed by atoms with Crippen molar-refractivity contribution in [1.29, 1.82) is 0 Å². The van der Waals surface area contributed by atoms with Crippen LogP contribution in [0.15, 0.2) is 75.9 Å². The molecule has 6 nitrogen and oxygen atoms in total. The summed E-state index contributed by atoms with van der Waals surface area (Å²) in [6.07, 6.45) is 0. The van der Waals surface area contributed by atoms with Gasteiger partial charge in [-0.05, 0) is 55.5 Å². The summed E-state index contributed by atoms with van der Waals surface area (Å²) in [6, 6.07) is 18.7. The molecule has 0 fully saturated rings. The second-order valence-electron chi connectivity index (χ2n) is 6.44. The highest BCUT2D eigenvalue weighted by atomic mass is 35.5. The summed E-state index contributed by atoms with van der Waals surface area (Å²) >= 11 is 6.17. The average Bonchev–Trinajstić information content (AvgIpc) is 2.75. The third-order valence-electron chi connectivity index (χ3n) is 4.40. The van der Waals surface area contributed by atoms with Gasteiger partial charge in [0.25, 0.3) is 5.91 Å². The number of benzene rings is 3. The predicted molar refractivity (Wildman–Crippen MR) is 116 cm³/mol. The van der Waals surface area contributed by atoms with Gasteiger partial charge in [-0.15, -0.1) is 0 Å². The largest absolute Gasteiger partial charge is 0.492 e. The molecule has 4 aromatic rings. The van der Waals surface area contributed by atoms with E-state index < -0.39 is 5.63 Å². The molecule has 150 valence electrons. The van der Waals surface area contributed by atoms with Crippen LogP contribution in [0.4, 0.5) is 5.69 Å². The molecule has 0 saturated carbocycles. The molecule has 0 unspecified atom stereocenters. The first kappa shape index (κ1) is 19.7. The number of aromatic nitrogens is 1. The predicted octanol–water partition coefficient (Wildman–Crippen LogP) is 5.16. The Bertz CT molecular complexity index is 1300. The summed E-state index contributed by atoms with van der Waals surface area (Å²) < 4.78 is 10.8. The normalized spacial score (nSPS) is 10.7. The molecule has 1 heterocycles. The monoisotopic (exact) mass is 420 g/mol. The van der Waals surface area contributed by atoms with Crippen LogP contribution in [0.2, 0.25) is 5.02 Å². The van der Waals surface area contributed by atoms with Crippen molar-refractivity contribution in [3.8, 4) is 17.2 Å². The van der Waals surface area contributed by atoms with Gasteiger partial charge < -0.3 is 14.5 Å². The highest BCUT2D eigenvalue weighted by Gasteiger charge is 2.12. The lowest BCUT2D eigenvalue weighted by Crippen LogP contribution is -2.12. The zero-order valence-electron chi connectivity index (χ0n) is 16.0. The van der Waals surface area contributed by atoms with Gasteiger partial charge in [0, 0.05) is 16.8 Å². The van der Waals surface area contributed by atoms with E-state index in [-0.39, 0.29) is 11.8 Å². The van der Waals surface area contributed by atoms with Crippen molar-refractivity contribution in [3.05, 3.63) is 87.7 Å². The SMILES string of the molecule is CCOc1ccc(C(=O)Nc2cccc(-c3nc4ccccc4c(=O)o3)c2)cc1Cl. The number of rotatable bonds is 5. The van der Waals surface area contributed by atoms with Crippen molar-refractivity contribution < 1.29 is 13.9 Å². The van der Waals surface area contributed by atoms with E-state index in [1.165, 1.54) is 0 Å². The van der Waals surface area contributed by atoms with Gasteiger partial charge in [0.2, 0.25) is 5.89 Å². The summed E-state index contributed by atoms with van der Waals surface area (Å²) in [5.41, 5.74) is 1.57. The van der Waals surface area contributed by atoms with Gasteiger partial charge in [0.1, 0.15) is 5.75 Å². The first-order valence-electron chi connectivity index (χ1n) is 9.29. The molecule has 1 amide bonds. The molecule has 1 aromatic heterocycles. The fourth-order valence-electron chi connectivity index (χ4n) is 2.99. The van der Waals surface area contributed by atoms with E-state index in [1.807, 2.05) is 6.92 Å². The Kier molecular flexibility index (Phi) is 5.50. The number of ether oxygens (including phenoxy) is 1. The van der Waals surface area contributed by atoms with E-state index in [9.17, 15) is 9.59 Å². The van der Waals surface area contributed by atoms with Crippen LogP contribution in [0.1, 0.15) is 17.3 Å². The Morgan fingerprint density at radius 1 is 1.10 bits per heavy atom. The zero-order valence-corrected chi connectivity index (χ0v) is 16.8. The molecule has 0 aliphatic rings. The maximum atomic E-state index is 12.6. The van der Waals surface area contributed by atoms with Crippen LogP contribution in [-0.2, 0) is 0 Å². The zero-order chi connectivity index (χ0) is 21.1. The molecule has 0 radical (unpaired) electrons. The van der Waals surface area contributed by atoms with Crippen LogP contribution in [0.3, 0.4) is 0 Å². The lowest BCUT2D eigenvalue weighted by Gasteiger charge is -2.09. The van der Waals surface area contributed by atoms with E-state index in [0.29, 0.717) is 45.1 Å². The minimum absolute atomic E-state index is 0.180. The van der Waals surface area contributed by atoms with Crippen molar-refractivity contribution in [3.63, 3.8) is 0 Å². The number of amides is 1. The third-order valence-corrected chi connectivity index (χ3v) is 4.69. The number of hydrogen-bond acceptors (Lipinski definition) is 5. The standard InChI is InChI=1S/C23H17ClN2O4/c1-2-29-20-11-10-14(13-18(20)24)21(27)25-16-7-5-6-15(12-16)22-26-19-9-4-3-8-17(19)23(28)30-22/h3-13H,2H2,1H3,(H,25,27). The number of carbonyl (C=O) groups excluding carboxylic acids is 1. The number of carbonyl (C=O) groups is 1. The van der Waals surface area contributed by atoms with Crippen molar-refractivity contribution in [2.45, 2.75) is 6.92 Å². The van der Waals surface area contributed by atoms with Crippen molar-refractivity contribution in [1.82, 2.24) is 4.98 Å². The number of hydrogen-bond donors (Lipinski definition) is 1. The van der Waals surface area contributed by atoms with Crippen LogP contribution in [-0.4, -0.2) is 17.5 Å². The maximum Gasteiger partial charge on any atom is 0.347 e. The number of fused-ring (bicyclic) bond motifs is 1. The minimum Gasteiger partial charge on any atom is -0.492 e. The first-order valence-corrected chi connectivity index (χ1v) is 9.67. The minimum atomic E-state index is -0.464. The molecule has 0 atom stereocenters. The molecule has 0 aliphatic heterocycles. The van der Waals surface area contributed by atoms with Gasteiger partial charge >= 0.3 is 5.63 Å². The van der Waals surface area contributed by atoms with Gasteiger partial charge in [0.05, 0.1) is 22.5 Å². The summed E-state index contributed by atoms with van der Waals surface area (Å²) in [7, 11) is 0. The van der Waals surface area contributed by atoms with E-state index in [1.54, 1.807) is 66.7 Å². The molecule has 4 rings (SSSR count). The lowest BCUT2D eigenvalue weighted by atomic mass is 10.1. The molecule has 0 aliphatic carbocycles. The van der Waals surface area contributed by atoms with Gasteiger partial charge in [-0.2, -0.15) is 0 Å². The summed E-state index contributed by atoms with van der Waals surface area (Å²) in [5, 5.41) is 3.59. The quantitative estimate of drug-likeness (QED) is 0.482. The molecule has 0 bridgehead atoms. The summed E-state index contributed by atoms with van der Waals surface area (Å²) in [6.45, 7) is 2.34. The summed E-state index contributed by atoms with van der Waals surface area (Å²) in [5.74, 6) is 0.374. The molecule has 0 saturated heterocycles. The van der Waals surface area contributed by atoms with Crippen molar-refractivity contribution in [2.75, 3.05) is 11.9 Å². The Balaban J connectivity index is 1.60. The number of halogens is 1. The van der Waals surface area contributed by atoms with Crippen molar-refractivity contribution >= 4 is 34.1 Å². The Morgan fingerprint density at radius 3 is 2.73 bits per heavy atom. The number of anilines is 1. The Hall–Kier alpha value is -3.64. The number of nitrogens with zero attached hydrogens (tertiary/aromatic N) is 1. The molecular formula is C23H17ClN2O4. The summed E-state index contributed by atoms with van der Waals surface area (Å²) in [4.78, 5) is 29.3. The van der Waals surface area contributed by atoms with E-state index >= 15 is 0 Å². The van der Waals surface area contributed by atoms with E-state index in [2.05, 4.69) is 10.3 Å². The van der Waals surface area contributed by atoms with Crippen molar-refractivity contribution in [2.24, 2.45) is 0 Å². The molecule has 7 heteroatoms. The highest BCUT2D eigenvalue weighted by Crippen LogP contribution is 2.26. The van der Waals surface area contributed by atoms with Gasteiger partial charge in [0.15, 0.2) is 0 Å². The van der Waals surface area contributed by atoms with Crippen LogP contribution >= 0.6 is 11.6 Å². The molecule has 1 N–H and O–H groups in total. The van der Waals surface area contributed by atoms with Gasteiger partial charge in [-0.25, -0.2) is 9.78 Å². The fourth-order valence-corrected chi connectivity index (χ4v) is 3.23. The number of para-hydroxylation sites is 1. The second-order valence-corrected chi connectivity index (χ2v) is 6.84. The Morgan fingerprint density at radius 2 is 1.93 bits per heavy atom.